The van der Waals surface area contributed by atoms with Crippen LogP contribution in [-0.2, 0) is 20.7 Å². The summed E-state index contributed by atoms with van der Waals surface area (Å²) < 4.78 is 29.7. The molecule has 2 aromatic carbocycles. The molecule has 1 aromatic heterocycles. The summed E-state index contributed by atoms with van der Waals surface area (Å²) in [7, 11) is 1.55. The molecule has 140 valence electrons. The molecule has 0 spiro atoms. The Labute approximate surface area is 162 Å². The molecule has 3 aromatic rings. The number of carbonyl (C=O) groups is 2. The van der Waals surface area contributed by atoms with E-state index >= 15 is 0 Å². The minimum atomic E-state index is -0.633. The zero-order chi connectivity index (χ0) is 19.4. The highest BCUT2D eigenvalue weighted by atomic mass is 79.9. The molecule has 0 aliphatic carbocycles. The lowest BCUT2D eigenvalue weighted by Gasteiger charge is -2.07. The van der Waals surface area contributed by atoms with E-state index in [2.05, 4.69) is 21.2 Å². The summed E-state index contributed by atoms with van der Waals surface area (Å²) in [5.41, 5.74) is 1.23. The molecule has 0 atom stereocenters. The maximum Gasteiger partial charge on any atom is 0.310 e. The van der Waals surface area contributed by atoms with Gasteiger partial charge in [0.2, 0.25) is 0 Å². The molecule has 0 aliphatic rings. The number of methoxy groups -OCH3 is 1. The van der Waals surface area contributed by atoms with Gasteiger partial charge in [-0.1, -0.05) is 15.9 Å². The smallest absolute Gasteiger partial charge is 0.310 e. The number of ether oxygens (including phenoxy) is 2. The van der Waals surface area contributed by atoms with E-state index in [9.17, 15) is 14.0 Å². The van der Waals surface area contributed by atoms with Crippen molar-refractivity contribution in [3.63, 3.8) is 0 Å². The lowest BCUT2D eigenvalue weighted by atomic mass is 10.1. The molecule has 1 amide bonds. The number of carbonyl (C=O) groups excluding carboxylic acids is 2. The van der Waals surface area contributed by atoms with Crippen LogP contribution in [-0.4, -0.2) is 25.6 Å². The minimum absolute atomic E-state index is 0.00836. The number of anilines is 1. The molecule has 8 heteroatoms. The number of benzene rings is 2. The molecule has 0 unspecified atom stereocenters. The van der Waals surface area contributed by atoms with Crippen molar-refractivity contribution in [2.24, 2.45) is 0 Å². The maximum atomic E-state index is 13.7. The van der Waals surface area contributed by atoms with E-state index in [1.54, 1.807) is 31.4 Å². The Hall–Kier alpha value is -2.87. The van der Waals surface area contributed by atoms with E-state index in [-0.39, 0.29) is 12.1 Å². The van der Waals surface area contributed by atoms with Crippen molar-refractivity contribution in [1.82, 2.24) is 0 Å². The van der Waals surface area contributed by atoms with Gasteiger partial charge in [-0.3, -0.25) is 9.59 Å². The van der Waals surface area contributed by atoms with Crippen LogP contribution in [0.3, 0.4) is 0 Å². The number of hydrogen-bond donors (Lipinski definition) is 1. The van der Waals surface area contributed by atoms with E-state index in [1.165, 1.54) is 18.4 Å². The van der Waals surface area contributed by atoms with E-state index in [1.807, 2.05) is 0 Å². The number of furan rings is 1. The number of rotatable bonds is 6. The molecule has 0 bridgehead atoms. The highest BCUT2D eigenvalue weighted by molar-refractivity contribution is 9.10. The Balaban J connectivity index is 1.56. The van der Waals surface area contributed by atoms with Crippen LogP contribution in [0, 0.1) is 5.82 Å². The summed E-state index contributed by atoms with van der Waals surface area (Å²) in [6.07, 6.45) is 1.40. The Morgan fingerprint density at radius 1 is 1.22 bits per heavy atom. The van der Waals surface area contributed by atoms with Crippen molar-refractivity contribution >= 4 is 44.5 Å². The molecule has 27 heavy (non-hydrogen) atoms. The second-order valence-electron chi connectivity index (χ2n) is 5.63. The van der Waals surface area contributed by atoms with Crippen molar-refractivity contribution in [2.75, 3.05) is 19.0 Å². The number of amides is 1. The second kappa shape index (κ2) is 8.22. The largest absolute Gasteiger partial charge is 0.497 e. The van der Waals surface area contributed by atoms with Gasteiger partial charge >= 0.3 is 5.97 Å². The van der Waals surface area contributed by atoms with Gasteiger partial charge in [-0.05, 0) is 30.3 Å². The molecule has 6 nitrogen and oxygen atoms in total. The standard InChI is InChI=1S/C19H15BrFNO5/c1-25-13-3-4-14-11(9-26-17(14)8-13)6-19(24)27-10-18(23)22-16-5-2-12(20)7-15(16)21/h2-5,7-9H,6,10H2,1H3,(H,22,23). The van der Waals surface area contributed by atoms with E-state index < -0.39 is 24.3 Å². The van der Waals surface area contributed by atoms with Gasteiger partial charge in [0.1, 0.15) is 17.1 Å². The minimum Gasteiger partial charge on any atom is -0.497 e. The van der Waals surface area contributed by atoms with Gasteiger partial charge in [-0.25, -0.2) is 4.39 Å². The Morgan fingerprint density at radius 3 is 2.78 bits per heavy atom. The Morgan fingerprint density at radius 2 is 2.04 bits per heavy atom. The average molecular weight is 436 g/mol. The van der Waals surface area contributed by atoms with Crippen molar-refractivity contribution in [1.29, 1.82) is 0 Å². The van der Waals surface area contributed by atoms with Gasteiger partial charge in [-0.15, -0.1) is 0 Å². The highest BCUT2D eigenvalue weighted by Crippen LogP contribution is 2.26. The number of fused-ring (bicyclic) bond motifs is 1. The van der Waals surface area contributed by atoms with Gasteiger partial charge in [-0.2, -0.15) is 0 Å². The zero-order valence-corrected chi connectivity index (χ0v) is 15.8. The first-order valence-corrected chi connectivity index (χ1v) is 8.70. The first-order valence-electron chi connectivity index (χ1n) is 7.91. The third-order valence-electron chi connectivity index (χ3n) is 3.77. The number of esters is 1. The third-order valence-corrected chi connectivity index (χ3v) is 4.26. The van der Waals surface area contributed by atoms with E-state index in [4.69, 9.17) is 13.9 Å². The monoisotopic (exact) mass is 435 g/mol. The van der Waals surface area contributed by atoms with Crippen LogP contribution in [0.5, 0.6) is 5.75 Å². The molecule has 0 saturated carbocycles. The predicted octanol–water partition coefficient (Wildman–Crippen LogP) is 4.07. The Bertz CT molecular complexity index is 1000. The topological polar surface area (TPSA) is 77.8 Å². The van der Waals surface area contributed by atoms with E-state index in [0.29, 0.717) is 21.4 Å². The molecule has 0 fully saturated rings. The first kappa shape index (κ1) is 18.9. The summed E-state index contributed by atoms with van der Waals surface area (Å²) in [6, 6.07) is 9.47. The molecule has 1 N–H and O–H groups in total. The normalized spacial score (nSPS) is 10.6. The van der Waals surface area contributed by atoms with Crippen LogP contribution in [0.4, 0.5) is 10.1 Å². The molecule has 0 radical (unpaired) electrons. The lowest BCUT2D eigenvalue weighted by molar-refractivity contribution is -0.146. The van der Waals surface area contributed by atoms with Crippen LogP contribution in [0.15, 0.2) is 51.6 Å². The van der Waals surface area contributed by atoms with Crippen LogP contribution in [0.2, 0.25) is 0 Å². The summed E-state index contributed by atoms with van der Waals surface area (Å²) in [6.45, 7) is -0.516. The van der Waals surface area contributed by atoms with Gasteiger partial charge < -0.3 is 19.2 Å². The second-order valence-corrected chi connectivity index (χ2v) is 6.55. The molecular formula is C19H15BrFNO5. The SMILES string of the molecule is COc1ccc2c(CC(=O)OCC(=O)Nc3ccc(Br)cc3F)coc2c1. The summed E-state index contributed by atoms with van der Waals surface area (Å²) >= 11 is 3.13. The maximum absolute atomic E-state index is 13.7. The molecule has 1 heterocycles. The van der Waals surface area contributed by atoms with Gasteiger partial charge in [0, 0.05) is 21.5 Å². The highest BCUT2D eigenvalue weighted by Gasteiger charge is 2.14. The van der Waals surface area contributed by atoms with Crippen LogP contribution in [0.25, 0.3) is 11.0 Å². The molecule has 0 aliphatic heterocycles. The number of hydrogen-bond acceptors (Lipinski definition) is 5. The number of nitrogens with one attached hydrogen (secondary N) is 1. The van der Waals surface area contributed by atoms with Gasteiger partial charge in [0.15, 0.2) is 6.61 Å². The fourth-order valence-corrected chi connectivity index (χ4v) is 2.79. The van der Waals surface area contributed by atoms with E-state index in [0.717, 1.165) is 5.39 Å². The van der Waals surface area contributed by atoms with Crippen LogP contribution < -0.4 is 10.1 Å². The number of halogens is 2. The van der Waals surface area contributed by atoms with Crippen LogP contribution >= 0.6 is 15.9 Å². The summed E-state index contributed by atoms with van der Waals surface area (Å²) in [4.78, 5) is 23.8. The lowest BCUT2D eigenvalue weighted by Crippen LogP contribution is -2.22. The van der Waals surface area contributed by atoms with Crippen molar-refractivity contribution < 1.29 is 27.9 Å². The van der Waals surface area contributed by atoms with Crippen molar-refractivity contribution in [3.05, 3.63) is 58.5 Å². The molecular weight excluding hydrogens is 421 g/mol. The summed E-state index contributed by atoms with van der Waals surface area (Å²) in [5, 5.41) is 3.11. The predicted molar refractivity (Wildman–Crippen MR) is 100 cm³/mol. The summed E-state index contributed by atoms with van der Waals surface area (Å²) in [5.74, 6) is -1.18. The quantitative estimate of drug-likeness (QED) is 0.590. The third kappa shape index (κ3) is 4.65. The van der Waals surface area contributed by atoms with Gasteiger partial charge in [0.25, 0.3) is 5.91 Å². The first-order chi connectivity index (χ1) is 13.0. The van der Waals surface area contributed by atoms with Crippen molar-refractivity contribution in [2.45, 2.75) is 6.42 Å². The fourth-order valence-electron chi connectivity index (χ4n) is 2.46. The van der Waals surface area contributed by atoms with Crippen LogP contribution in [0.1, 0.15) is 5.56 Å². The Kier molecular flexibility index (Phi) is 5.75. The fraction of sp³-hybridized carbons (Fsp3) is 0.158. The molecule has 3 rings (SSSR count). The van der Waals surface area contributed by atoms with Gasteiger partial charge in [0.05, 0.1) is 25.5 Å². The molecule has 0 saturated heterocycles. The van der Waals surface area contributed by atoms with Crippen molar-refractivity contribution in [3.8, 4) is 5.75 Å². The zero-order valence-electron chi connectivity index (χ0n) is 14.3. The average Bonchev–Trinajstić information content (AvgIpc) is 3.04.